The molecule has 0 atom stereocenters. The normalized spacial score (nSPS) is 12.4. The van der Waals surface area contributed by atoms with Crippen molar-refractivity contribution < 1.29 is 16.8 Å². The van der Waals surface area contributed by atoms with E-state index in [-0.39, 0.29) is 10.6 Å². The Bertz CT molecular complexity index is 618. The summed E-state index contributed by atoms with van der Waals surface area (Å²) in [6.07, 6.45) is 2.69. The van der Waals surface area contributed by atoms with Gasteiger partial charge in [-0.25, -0.2) is 16.8 Å². The summed E-state index contributed by atoms with van der Waals surface area (Å²) in [7, 11) is -6.76. The topological polar surface area (TPSA) is 80.3 Å². The fraction of sp³-hybridized carbons (Fsp3) is 0.400. The third-order valence-electron chi connectivity index (χ3n) is 2.15. The molecule has 0 unspecified atom stereocenters. The van der Waals surface area contributed by atoms with Crippen LogP contribution < -0.4 is 4.72 Å². The lowest BCUT2D eigenvalue weighted by Gasteiger charge is -2.09. The van der Waals surface area contributed by atoms with Gasteiger partial charge >= 0.3 is 0 Å². The fourth-order valence-electron chi connectivity index (χ4n) is 1.47. The smallest absolute Gasteiger partial charge is 0.229 e. The molecule has 5 nitrogen and oxygen atoms in total. The Labute approximate surface area is 102 Å². The third kappa shape index (κ3) is 4.01. The highest BCUT2D eigenvalue weighted by atomic mass is 32.2. The van der Waals surface area contributed by atoms with Crippen molar-refractivity contribution in [1.82, 2.24) is 0 Å². The van der Waals surface area contributed by atoms with E-state index < -0.39 is 19.9 Å². The molecule has 1 N–H and O–H groups in total. The van der Waals surface area contributed by atoms with Gasteiger partial charge < -0.3 is 0 Å². The summed E-state index contributed by atoms with van der Waals surface area (Å²) < 4.78 is 47.5. The van der Waals surface area contributed by atoms with Crippen molar-refractivity contribution in [2.24, 2.45) is 0 Å². The molecule has 0 heterocycles. The van der Waals surface area contributed by atoms with E-state index in [0.29, 0.717) is 12.0 Å². The van der Waals surface area contributed by atoms with E-state index in [1.165, 1.54) is 6.07 Å². The maximum absolute atomic E-state index is 11.6. The molecule has 0 radical (unpaired) electrons. The van der Waals surface area contributed by atoms with Gasteiger partial charge in [-0.05, 0) is 24.1 Å². The van der Waals surface area contributed by atoms with Crippen LogP contribution in [0, 0.1) is 0 Å². The van der Waals surface area contributed by atoms with Crippen LogP contribution in [0.5, 0.6) is 0 Å². The molecule has 0 amide bonds. The van der Waals surface area contributed by atoms with E-state index in [2.05, 4.69) is 4.72 Å². The maximum Gasteiger partial charge on any atom is 0.229 e. The number of sulfone groups is 1. The lowest BCUT2D eigenvalue weighted by Crippen LogP contribution is -2.11. The first-order valence-corrected chi connectivity index (χ1v) is 8.72. The average molecular weight is 277 g/mol. The van der Waals surface area contributed by atoms with Gasteiger partial charge in [-0.15, -0.1) is 0 Å². The van der Waals surface area contributed by atoms with E-state index in [1.807, 2.05) is 6.92 Å². The number of hydrogen-bond acceptors (Lipinski definition) is 4. The Kier molecular flexibility index (Phi) is 3.83. The fourth-order valence-corrected chi connectivity index (χ4v) is 3.05. The molecule has 1 aromatic carbocycles. The molecular weight excluding hydrogens is 262 g/mol. The third-order valence-corrected chi connectivity index (χ3v) is 3.94. The Hall–Kier alpha value is -1.08. The van der Waals surface area contributed by atoms with Crippen molar-refractivity contribution >= 4 is 25.5 Å². The zero-order valence-corrected chi connectivity index (χ0v) is 11.5. The Morgan fingerprint density at radius 3 is 2.12 bits per heavy atom. The summed E-state index contributed by atoms with van der Waals surface area (Å²) in [4.78, 5) is 0.161. The number of benzene rings is 1. The molecule has 7 heteroatoms. The zero-order valence-electron chi connectivity index (χ0n) is 9.89. The number of sulfonamides is 1. The van der Waals surface area contributed by atoms with Crippen LogP contribution in [-0.4, -0.2) is 29.3 Å². The molecule has 0 spiro atoms. The summed E-state index contributed by atoms with van der Waals surface area (Å²) in [5.74, 6) is 0. The standard InChI is InChI=1S/C10H15NO4S2/c1-4-8-5-6-9(11-17(3,14)15)7-10(8)16(2,12)13/h5-7,11H,4H2,1-3H3. The predicted molar refractivity (Wildman–Crippen MR) is 67.4 cm³/mol. The van der Waals surface area contributed by atoms with Gasteiger partial charge in [0.2, 0.25) is 10.0 Å². The van der Waals surface area contributed by atoms with Crippen molar-refractivity contribution in [2.75, 3.05) is 17.2 Å². The molecule has 0 aliphatic heterocycles. The van der Waals surface area contributed by atoms with Crippen molar-refractivity contribution in [3.63, 3.8) is 0 Å². The minimum absolute atomic E-state index is 0.161. The summed E-state index contributed by atoms with van der Waals surface area (Å²) in [5, 5.41) is 0. The van der Waals surface area contributed by atoms with Crippen LogP contribution in [-0.2, 0) is 26.3 Å². The van der Waals surface area contributed by atoms with Crippen molar-refractivity contribution in [3.8, 4) is 0 Å². The molecule has 0 aliphatic carbocycles. The zero-order chi connectivity index (χ0) is 13.3. The molecule has 0 fully saturated rings. The first-order valence-electron chi connectivity index (χ1n) is 4.94. The highest BCUT2D eigenvalue weighted by Crippen LogP contribution is 2.21. The highest BCUT2D eigenvalue weighted by molar-refractivity contribution is 7.92. The molecule has 96 valence electrons. The van der Waals surface area contributed by atoms with E-state index in [4.69, 9.17) is 0 Å². The van der Waals surface area contributed by atoms with Gasteiger partial charge in [-0.3, -0.25) is 4.72 Å². The van der Waals surface area contributed by atoms with Crippen LogP contribution in [0.1, 0.15) is 12.5 Å². The number of nitrogens with one attached hydrogen (secondary N) is 1. The monoisotopic (exact) mass is 277 g/mol. The van der Waals surface area contributed by atoms with Crippen molar-refractivity contribution in [1.29, 1.82) is 0 Å². The summed E-state index contributed by atoms with van der Waals surface area (Å²) in [5.41, 5.74) is 0.927. The first kappa shape index (κ1) is 14.0. The van der Waals surface area contributed by atoms with E-state index in [1.54, 1.807) is 12.1 Å². The van der Waals surface area contributed by atoms with E-state index in [9.17, 15) is 16.8 Å². The van der Waals surface area contributed by atoms with Crippen LogP contribution in [0.15, 0.2) is 23.1 Å². The Morgan fingerprint density at radius 1 is 1.12 bits per heavy atom. The summed E-state index contributed by atoms with van der Waals surface area (Å²) >= 11 is 0. The van der Waals surface area contributed by atoms with Gasteiger partial charge in [0.15, 0.2) is 9.84 Å². The maximum atomic E-state index is 11.6. The number of aryl methyl sites for hydroxylation is 1. The Morgan fingerprint density at radius 2 is 1.71 bits per heavy atom. The summed E-state index contributed by atoms with van der Waals surface area (Å²) in [6.45, 7) is 1.84. The quantitative estimate of drug-likeness (QED) is 0.891. The second kappa shape index (κ2) is 4.66. The molecule has 0 bridgehead atoms. The molecule has 17 heavy (non-hydrogen) atoms. The van der Waals surface area contributed by atoms with Crippen LogP contribution >= 0.6 is 0 Å². The predicted octanol–water partition coefficient (Wildman–Crippen LogP) is 1.02. The lowest BCUT2D eigenvalue weighted by molar-refractivity contribution is 0.600. The van der Waals surface area contributed by atoms with Crippen molar-refractivity contribution in [2.45, 2.75) is 18.2 Å². The van der Waals surface area contributed by atoms with Crippen LogP contribution in [0.3, 0.4) is 0 Å². The largest absolute Gasteiger partial charge is 0.284 e. The molecule has 1 aromatic rings. The van der Waals surface area contributed by atoms with Crippen LogP contribution in [0.4, 0.5) is 5.69 Å². The second-order valence-corrected chi connectivity index (χ2v) is 7.56. The van der Waals surface area contributed by atoms with Gasteiger partial charge in [0.1, 0.15) is 0 Å². The second-order valence-electron chi connectivity index (χ2n) is 3.82. The highest BCUT2D eigenvalue weighted by Gasteiger charge is 2.14. The van der Waals surface area contributed by atoms with Crippen LogP contribution in [0.2, 0.25) is 0 Å². The number of hydrogen-bond donors (Lipinski definition) is 1. The van der Waals surface area contributed by atoms with Gasteiger partial charge in [-0.1, -0.05) is 13.0 Å². The van der Waals surface area contributed by atoms with E-state index in [0.717, 1.165) is 12.5 Å². The molecule has 0 aromatic heterocycles. The van der Waals surface area contributed by atoms with Gasteiger partial charge in [0, 0.05) is 11.9 Å². The number of anilines is 1. The molecule has 0 saturated carbocycles. The van der Waals surface area contributed by atoms with Crippen molar-refractivity contribution in [3.05, 3.63) is 23.8 Å². The average Bonchev–Trinajstić information content (AvgIpc) is 2.13. The first-order chi connectivity index (χ1) is 7.63. The molecule has 1 rings (SSSR count). The number of rotatable bonds is 4. The van der Waals surface area contributed by atoms with Crippen LogP contribution in [0.25, 0.3) is 0 Å². The lowest BCUT2D eigenvalue weighted by atomic mass is 10.1. The SMILES string of the molecule is CCc1ccc(NS(C)(=O)=O)cc1S(C)(=O)=O. The molecular formula is C10H15NO4S2. The van der Waals surface area contributed by atoms with Gasteiger partial charge in [0.25, 0.3) is 0 Å². The molecule has 0 saturated heterocycles. The summed E-state index contributed by atoms with van der Waals surface area (Å²) in [6, 6.07) is 4.51. The molecule has 0 aliphatic rings. The van der Waals surface area contributed by atoms with E-state index >= 15 is 0 Å². The minimum atomic E-state index is -3.40. The Balaban J connectivity index is 3.33. The minimum Gasteiger partial charge on any atom is -0.284 e. The van der Waals surface area contributed by atoms with Gasteiger partial charge in [0.05, 0.1) is 11.2 Å². The van der Waals surface area contributed by atoms with Gasteiger partial charge in [-0.2, -0.15) is 0 Å².